The minimum absolute atomic E-state index is 0.0258. The van der Waals surface area contributed by atoms with Gasteiger partial charge in [0.15, 0.2) is 23.6 Å². The second kappa shape index (κ2) is 15.6. The Hall–Kier alpha value is -2.24. The van der Waals surface area contributed by atoms with Crippen molar-refractivity contribution in [1.82, 2.24) is 0 Å². The first-order valence-electron chi connectivity index (χ1n) is 9.86. The van der Waals surface area contributed by atoms with E-state index in [9.17, 15) is 35.1 Å². The molecule has 0 aromatic heterocycles. The molecule has 14 heteroatoms. The van der Waals surface area contributed by atoms with Crippen LogP contribution in [-0.2, 0) is 16.0 Å². The van der Waals surface area contributed by atoms with Gasteiger partial charge >= 0.3 is 0 Å². The summed E-state index contributed by atoms with van der Waals surface area (Å²) >= 11 is 0. The number of rotatable bonds is 13. The molecule has 1 rings (SSSR count). The van der Waals surface area contributed by atoms with Crippen molar-refractivity contribution in [1.29, 1.82) is 0 Å². The van der Waals surface area contributed by atoms with Crippen molar-refractivity contribution in [2.75, 3.05) is 20.3 Å². The number of phenols is 1. The van der Waals surface area contributed by atoms with Crippen LogP contribution in [0.15, 0.2) is 18.2 Å². The van der Waals surface area contributed by atoms with Crippen LogP contribution < -0.4 is 4.74 Å². The second-order valence-electron chi connectivity index (χ2n) is 7.18. The molecule has 0 aliphatic heterocycles. The molecular formula is C20H32O14. The van der Waals surface area contributed by atoms with Crippen LogP contribution in [0.25, 0.3) is 0 Å². The Bertz CT molecular complexity index is 744. The quantitative estimate of drug-likeness (QED) is 0.114. The maximum Gasteiger partial charge on any atom is 0.168 e. The molecule has 0 saturated carbocycles. The predicted octanol–water partition coefficient (Wildman–Crippen LogP) is -5.43. The maximum atomic E-state index is 11.9. The van der Waals surface area contributed by atoms with Crippen molar-refractivity contribution in [2.24, 2.45) is 0 Å². The minimum atomic E-state index is -1.94. The van der Waals surface area contributed by atoms with Crippen molar-refractivity contribution in [2.45, 2.75) is 55.3 Å². The zero-order chi connectivity index (χ0) is 26.6. The van der Waals surface area contributed by atoms with E-state index in [4.69, 9.17) is 35.4 Å². The zero-order valence-corrected chi connectivity index (χ0v) is 18.2. The van der Waals surface area contributed by atoms with Crippen molar-refractivity contribution >= 4 is 12.1 Å². The van der Waals surface area contributed by atoms with Crippen molar-refractivity contribution < 1.29 is 70.5 Å². The fourth-order valence-electron chi connectivity index (χ4n) is 2.47. The summed E-state index contributed by atoms with van der Waals surface area (Å²) in [6.07, 6.45) is -14.5. The van der Waals surface area contributed by atoms with Crippen LogP contribution in [0.4, 0.5) is 0 Å². The first kappa shape index (κ1) is 31.8. The number of aromatic hydroxyl groups is 1. The summed E-state index contributed by atoms with van der Waals surface area (Å²) in [6, 6.07) is 4.15. The topological polar surface area (TPSA) is 266 Å². The van der Waals surface area contributed by atoms with Crippen molar-refractivity contribution in [3.63, 3.8) is 0 Å². The third kappa shape index (κ3) is 9.55. The summed E-state index contributed by atoms with van der Waals surface area (Å²) in [5, 5.41) is 99.6. The maximum absolute atomic E-state index is 11.9. The average molecular weight is 496 g/mol. The molecule has 0 aliphatic carbocycles. The highest BCUT2D eigenvalue weighted by atomic mass is 16.5. The molecule has 8 unspecified atom stereocenters. The van der Waals surface area contributed by atoms with Gasteiger partial charge < -0.3 is 65.7 Å². The lowest BCUT2D eigenvalue weighted by Gasteiger charge is -2.24. The Labute approximate surface area is 194 Å². The van der Waals surface area contributed by atoms with E-state index in [0.717, 1.165) is 0 Å². The molecule has 11 N–H and O–H groups in total. The molecule has 8 atom stereocenters. The Kier molecular flexibility index (Phi) is 14.6. The van der Waals surface area contributed by atoms with Crippen LogP contribution in [-0.4, -0.2) is 137 Å². The largest absolute Gasteiger partial charge is 0.504 e. The number of carbonyl (C=O) groups is 2. The van der Waals surface area contributed by atoms with Gasteiger partial charge in [0, 0.05) is 6.42 Å². The fourth-order valence-corrected chi connectivity index (χ4v) is 2.47. The summed E-state index contributed by atoms with van der Waals surface area (Å²) in [7, 11) is 1.34. The van der Waals surface area contributed by atoms with Gasteiger partial charge in [0.1, 0.15) is 48.8 Å². The first-order chi connectivity index (χ1) is 15.9. The van der Waals surface area contributed by atoms with E-state index in [1.807, 2.05) is 0 Å². The molecular weight excluding hydrogens is 464 g/mol. The second-order valence-corrected chi connectivity index (χ2v) is 7.18. The highest BCUT2D eigenvalue weighted by Gasteiger charge is 2.34. The Morgan fingerprint density at radius 1 is 0.882 bits per heavy atom. The number of aliphatic hydroxyl groups excluding tert-OH is 10. The summed E-state index contributed by atoms with van der Waals surface area (Å²) in [6.45, 7) is -1.59. The molecule has 1 aromatic rings. The third-order valence-electron chi connectivity index (χ3n) is 4.63. The van der Waals surface area contributed by atoms with E-state index < -0.39 is 67.8 Å². The molecule has 0 amide bonds. The number of carbonyl (C=O) groups excluding carboxylic acids is 2. The summed E-state index contributed by atoms with van der Waals surface area (Å²) in [5.74, 6) is -0.763. The number of aliphatic hydroxyl groups is 10. The van der Waals surface area contributed by atoms with Gasteiger partial charge in [-0.05, 0) is 17.7 Å². The predicted molar refractivity (Wildman–Crippen MR) is 112 cm³/mol. The van der Waals surface area contributed by atoms with E-state index in [-0.39, 0.29) is 24.2 Å². The Balaban J connectivity index is 0.000000770. The lowest BCUT2D eigenvalue weighted by molar-refractivity contribution is -0.146. The Morgan fingerprint density at radius 3 is 1.82 bits per heavy atom. The summed E-state index contributed by atoms with van der Waals surface area (Å²) in [4.78, 5) is 21.8. The monoisotopic (exact) mass is 496 g/mol. The lowest BCUT2D eigenvalue weighted by atomic mass is 9.96. The van der Waals surface area contributed by atoms with Gasteiger partial charge in [0.05, 0.1) is 20.3 Å². The smallest absolute Gasteiger partial charge is 0.168 e. The van der Waals surface area contributed by atoms with Gasteiger partial charge in [-0.1, -0.05) is 6.07 Å². The number of aldehydes is 1. The molecule has 0 spiro atoms. The number of Topliss-reactive ketones (excluding diaryl/α,β-unsaturated/α-hetero) is 1. The molecule has 0 bridgehead atoms. The number of phenolic OH excluding ortho intramolecular Hbond substituents is 1. The molecule has 196 valence electrons. The van der Waals surface area contributed by atoms with Gasteiger partial charge in [-0.3, -0.25) is 4.79 Å². The van der Waals surface area contributed by atoms with Gasteiger partial charge in [0.25, 0.3) is 0 Å². The fraction of sp³-hybridized carbons (Fsp3) is 0.600. The van der Waals surface area contributed by atoms with Gasteiger partial charge in [-0.25, -0.2) is 0 Å². The van der Waals surface area contributed by atoms with Crippen LogP contribution in [0.3, 0.4) is 0 Å². The van der Waals surface area contributed by atoms with Crippen LogP contribution in [0.5, 0.6) is 11.5 Å². The van der Waals surface area contributed by atoms with Crippen LogP contribution in [0.1, 0.15) is 5.56 Å². The molecule has 0 fully saturated rings. The molecule has 14 nitrogen and oxygen atoms in total. The van der Waals surface area contributed by atoms with Crippen LogP contribution in [0.2, 0.25) is 0 Å². The van der Waals surface area contributed by atoms with E-state index in [0.29, 0.717) is 5.56 Å². The minimum Gasteiger partial charge on any atom is -0.504 e. The molecule has 0 heterocycles. The number of benzene rings is 1. The summed E-state index contributed by atoms with van der Waals surface area (Å²) < 4.78 is 4.89. The molecule has 34 heavy (non-hydrogen) atoms. The van der Waals surface area contributed by atoms with E-state index in [1.165, 1.54) is 25.3 Å². The van der Waals surface area contributed by atoms with E-state index >= 15 is 0 Å². The SMILES string of the molecule is COc1cc(CC(=O)C(O)C(O)C(O)C(O)CO)ccc1O.O=CC(O)C(O)C(O)C(O)CO. The molecule has 1 aromatic carbocycles. The van der Waals surface area contributed by atoms with Crippen molar-refractivity contribution in [3.8, 4) is 11.5 Å². The molecule has 0 radical (unpaired) electrons. The molecule has 0 aliphatic rings. The highest BCUT2D eigenvalue weighted by molar-refractivity contribution is 5.85. The standard InChI is InChI=1S/C14H20O8.C6H12O6/c1-22-11-5-7(2-3-8(11)16)4-9(17)12(19)14(21)13(20)10(18)6-15;7-1-3(9)5(11)6(12)4(10)2-8/h2-3,5,10,12-16,18-21H,4,6H2,1H3;1,3-6,8-12H,2H2. The number of hydrogen-bond acceptors (Lipinski definition) is 14. The third-order valence-corrected chi connectivity index (χ3v) is 4.63. The number of methoxy groups -OCH3 is 1. The van der Waals surface area contributed by atoms with Gasteiger partial charge in [-0.2, -0.15) is 0 Å². The van der Waals surface area contributed by atoms with Gasteiger partial charge in [-0.15, -0.1) is 0 Å². The van der Waals surface area contributed by atoms with Crippen LogP contribution >= 0.6 is 0 Å². The highest BCUT2D eigenvalue weighted by Crippen LogP contribution is 2.26. The van der Waals surface area contributed by atoms with Crippen LogP contribution in [0, 0.1) is 0 Å². The Morgan fingerprint density at radius 2 is 1.38 bits per heavy atom. The normalized spacial score (nSPS) is 18.2. The number of ether oxygens (including phenoxy) is 1. The van der Waals surface area contributed by atoms with Gasteiger partial charge in [0.2, 0.25) is 0 Å². The van der Waals surface area contributed by atoms with E-state index in [2.05, 4.69) is 0 Å². The zero-order valence-electron chi connectivity index (χ0n) is 18.2. The average Bonchev–Trinajstić information content (AvgIpc) is 2.85. The lowest BCUT2D eigenvalue weighted by Crippen LogP contribution is -2.49. The van der Waals surface area contributed by atoms with Crippen molar-refractivity contribution in [3.05, 3.63) is 23.8 Å². The summed E-state index contributed by atoms with van der Waals surface area (Å²) in [5.41, 5.74) is 0.420. The van der Waals surface area contributed by atoms with E-state index in [1.54, 1.807) is 0 Å². The number of hydrogen-bond donors (Lipinski definition) is 11. The first-order valence-corrected chi connectivity index (χ1v) is 9.86. The molecule has 0 saturated heterocycles. The number of ketones is 1.